The Morgan fingerprint density at radius 2 is 1.65 bits per heavy atom. The van der Waals surface area contributed by atoms with Gasteiger partial charge in [-0.3, -0.25) is 4.90 Å². The summed E-state index contributed by atoms with van der Waals surface area (Å²) in [4.78, 5) is 1.33. The number of nitrogens with zero attached hydrogens (tertiary/aromatic N) is 1. The van der Waals surface area contributed by atoms with Crippen molar-refractivity contribution in [1.29, 1.82) is 0 Å². The molecule has 0 unspecified atom stereocenters. The zero-order chi connectivity index (χ0) is 13.7. The van der Waals surface area contributed by atoms with Crippen LogP contribution in [0.4, 0.5) is 13.2 Å². The Morgan fingerprint density at radius 3 is 2.06 bits per heavy atom. The van der Waals surface area contributed by atoms with E-state index in [1.54, 1.807) is 0 Å². The number of alkyl halides is 3. The lowest BCUT2D eigenvalue weighted by Gasteiger charge is -2.31. The first-order chi connectivity index (χ1) is 7.52. The molecular weight excluding hydrogens is 229 g/mol. The highest BCUT2D eigenvalue weighted by Gasteiger charge is 2.31. The van der Waals surface area contributed by atoms with Crippen LogP contribution in [-0.4, -0.2) is 44.3 Å². The molecule has 104 valence electrons. The second-order valence-corrected chi connectivity index (χ2v) is 5.98. The highest BCUT2D eigenvalue weighted by molar-refractivity contribution is 4.76. The topological polar surface area (TPSA) is 15.3 Å². The number of rotatable bonds is 7. The summed E-state index contributed by atoms with van der Waals surface area (Å²) in [5, 5.41) is 3.29. The van der Waals surface area contributed by atoms with E-state index in [1.807, 2.05) is 13.8 Å². The molecule has 0 amide bonds. The van der Waals surface area contributed by atoms with Gasteiger partial charge >= 0.3 is 6.18 Å². The summed E-state index contributed by atoms with van der Waals surface area (Å²) >= 11 is 0. The summed E-state index contributed by atoms with van der Waals surface area (Å²) in [6, 6.07) is 0. The molecule has 0 aliphatic heterocycles. The van der Waals surface area contributed by atoms with Crippen molar-refractivity contribution in [2.24, 2.45) is 11.3 Å². The molecule has 0 saturated heterocycles. The van der Waals surface area contributed by atoms with E-state index in [9.17, 15) is 13.2 Å². The standard InChI is InChI=1S/C12H25F3N2/c1-10(2)6-16-7-11(3,4)8-17(5)9-12(13,14)15/h10,16H,6-9H2,1-5H3. The summed E-state index contributed by atoms with van der Waals surface area (Å²) in [5.74, 6) is 0.554. The SMILES string of the molecule is CC(C)CNCC(C)(C)CN(C)CC(F)(F)F. The Labute approximate surface area is 103 Å². The third kappa shape index (κ3) is 10.6. The summed E-state index contributed by atoms with van der Waals surface area (Å²) in [6.45, 7) is 9.38. The van der Waals surface area contributed by atoms with Gasteiger partial charge in [0.1, 0.15) is 0 Å². The van der Waals surface area contributed by atoms with Crippen LogP contribution >= 0.6 is 0 Å². The van der Waals surface area contributed by atoms with Crippen LogP contribution in [0.3, 0.4) is 0 Å². The van der Waals surface area contributed by atoms with Crippen molar-refractivity contribution in [3.63, 3.8) is 0 Å². The van der Waals surface area contributed by atoms with Gasteiger partial charge in [-0.25, -0.2) is 0 Å². The molecule has 0 radical (unpaired) electrons. The van der Waals surface area contributed by atoms with Crippen LogP contribution in [0.1, 0.15) is 27.7 Å². The Bertz CT molecular complexity index is 212. The third-order valence-electron chi connectivity index (χ3n) is 2.30. The lowest BCUT2D eigenvalue weighted by Crippen LogP contribution is -2.42. The van der Waals surface area contributed by atoms with Crippen LogP contribution in [0.15, 0.2) is 0 Å². The fraction of sp³-hybridized carbons (Fsp3) is 1.00. The number of hydrogen-bond acceptors (Lipinski definition) is 2. The molecule has 17 heavy (non-hydrogen) atoms. The fourth-order valence-electron chi connectivity index (χ4n) is 1.85. The van der Waals surface area contributed by atoms with Crippen LogP contribution in [-0.2, 0) is 0 Å². The van der Waals surface area contributed by atoms with Crippen molar-refractivity contribution < 1.29 is 13.2 Å². The maximum absolute atomic E-state index is 12.2. The second-order valence-electron chi connectivity index (χ2n) is 5.98. The van der Waals surface area contributed by atoms with E-state index >= 15 is 0 Å². The second kappa shape index (κ2) is 6.59. The number of halogens is 3. The normalized spacial score (nSPS) is 13.8. The summed E-state index contributed by atoms with van der Waals surface area (Å²) in [6.07, 6.45) is -4.11. The first kappa shape index (κ1) is 16.7. The largest absolute Gasteiger partial charge is 0.401 e. The summed E-state index contributed by atoms with van der Waals surface area (Å²) < 4.78 is 36.5. The molecule has 0 bridgehead atoms. The first-order valence-corrected chi connectivity index (χ1v) is 5.98. The molecule has 0 heterocycles. The highest BCUT2D eigenvalue weighted by Crippen LogP contribution is 2.20. The van der Waals surface area contributed by atoms with E-state index in [4.69, 9.17) is 0 Å². The van der Waals surface area contributed by atoms with Crippen molar-refractivity contribution in [1.82, 2.24) is 10.2 Å². The molecular formula is C12H25F3N2. The van der Waals surface area contributed by atoms with E-state index in [0.717, 1.165) is 13.1 Å². The Morgan fingerprint density at radius 1 is 1.12 bits per heavy atom. The van der Waals surface area contributed by atoms with Gasteiger partial charge in [-0.15, -0.1) is 0 Å². The first-order valence-electron chi connectivity index (χ1n) is 5.98. The molecule has 5 heteroatoms. The Hall–Kier alpha value is -0.290. The number of nitrogens with one attached hydrogen (secondary N) is 1. The summed E-state index contributed by atoms with van der Waals surface area (Å²) in [5.41, 5.74) is -0.158. The molecule has 0 aromatic carbocycles. The number of hydrogen-bond donors (Lipinski definition) is 1. The van der Waals surface area contributed by atoms with Gasteiger partial charge in [0.2, 0.25) is 0 Å². The average molecular weight is 254 g/mol. The van der Waals surface area contributed by atoms with Gasteiger partial charge < -0.3 is 5.32 Å². The van der Waals surface area contributed by atoms with Crippen molar-refractivity contribution in [3.8, 4) is 0 Å². The van der Waals surface area contributed by atoms with Gasteiger partial charge in [0.25, 0.3) is 0 Å². The molecule has 0 aliphatic carbocycles. The van der Waals surface area contributed by atoms with Crippen LogP contribution < -0.4 is 5.32 Å². The summed E-state index contributed by atoms with van der Waals surface area (Å²) in [7, 11) is 1.51. The molecule has 0 aromatic heterocycles. The maximum atomic E-state index is 12.2. The van der Waals surface area contributed by atoms with Crippen LogP contribution in [0, 0.1) is 11.3 Å². The van der Waals surface area contributed by atoms with Crippen molar-refractivity contribution >= 4 is 0 Å². The molecule has 2 nitrogen and oxygen atoms in total. The van der Waals surface area contributed by atoms with E-state index in [2.05, 4.69) is 19.2 Å². The van der Waals surface area contributed by atoms with E-state index in [-0.39, 0.29) is 5.41 Å². The minimum absolute atomic E-state index is 0.158. The van der Waals surface area contributed by atoms with E-state index in [0.29, 0.717) is 12.5 Å². The van der Waals surface area contributed by atoms with Gasteiger partial charge in [-0.2, -0.15) is 13.2 Å². The van der Waals surface area contributed by atoms with Gasteiger partial charge in [0, 0.05) is 13.1 Å². The molecule has 0 spiro atoms. The lowest BCUT2D eigenvalue weighted by molar-refractivity contribution is -0.145. The Kier molecular flexibility index (Phi) is 6.48. The van der Waals surface area contributed by atoms with Crippen molar-refractivity contribution in [3.05, 3.63) is 0 Å². The minimum atomic E-state index is -4.11. The predicted molar refractivity (Wildman–Crippen MR) is 65.0 cm³/mol. The Balaban J connectivity index is 3.98. The minimum Gasteiger partial charge on any atom is -0.316 e. The van der Waals surface area contributed by atoms with Crippen molar-refractivity contribution in [2.45, 2.75) is 33.9 Å². The quantitative estimate of drug-likeness (QED) is 0.751. The fourth-order valence-corrected chi connectivity index (χ4v) is 1.85. The van der Waals surface area contributed by atoms with E-state index in [1.165, 1.54) is 11.9 Å². The molecule has 0 rings (SSSR count). The van der Waals surface area contributed by atoms with Crippen LogP contribution in [0.25, 0.3) is 0 Å². The van der Waals surface area contributed by atoms with Gasteiger partial charge in [-0.05, 0) is 24.9 Å². The zero-order valence-corrected chi connectivity index (χ0v) is 11.5. The van der Waals surface area contributed by atoms with Gasteiger partial charge in [-0.1, -0.05) is 27.7 Å². The molecule has 0 saturated carbocycles. The zero-order valence-electron chi connectivity index (χ0n) is 11.5. The smallest absolute Gasteiger partial charge is 0.316 e. The molecule has 0 fully saturated rings. The monoisotopic (exact) mass is 254 g/mol. The maximum Gasteiger partial charge on any atom is 0.401 e. The average Bonchev–Trinajstić information content (AvgIpc) is 1.96. The lowest BCUT2D eigenvalue weighted by atomic mass is 9.92. The molecule has 0 aliphatic rings. The van der Waals surface area contributed by atoms with E-state index < -0.39 is 12.7 Å². The molecule has 0 atom stereocenters. The van der Waals surface area contributed by atoms with Gasteiger partial charge in [0.05, 0.1) is 6.54 Å². The van der Waals surface area contributed by atoms with Crippen LogP contribution in [0.5, 0.6) is 0 Å². The highest BCUT2D eigenvalue weighted by atomic mass is 19.4. The molecule has 0 aromatic rings. The third-order valence-corrected chi connectivity index (χ3v) is 2.30. The van der Waals surface area contributed by atoms with Crippen molar-refractivity contribution in [2.75, 3.05) is 33.2 Å². The molecule has 1 N–H and O–H groups in total. The van der Waals surface area contributed by atoms with Gasteiger partial charge in [0.15, 0.2) is 0 Å². The predicted octanol–water partition coefficient (Wildman–Crippen LogP) is 2.75. The van der Waals surface area contributed by atoms with Crippen LogP contribution in [0.2, 0.25) is 0 Å².